The van der Waals surface area contributed by atoms with Crippen molar-refractivity contribution in [3.8, 4) is 0 Å². The maximum Gasteiger partial charge on any atom is 0.416 e. The smallest absolute Gasteiger partial charge is 0.311 e. The molecule has 5 heteroatoms. The van der Waals surface area contributed by atoms with Crippen LogP contribution in [0.15, 0.2) is 24.3 Å². The number of alkyl halides is 3. The minimum Gasteiger partial charge on any atom is -0.311 e. The molecule has 1 saturated heterocycles. The molecule has 1 aliphatic rings. The molecule has 2 unspecified atom stereocenters. The molecule has 2 nitrogen and oxygen atoms in total. The molecule has 2 rings (SSSR count). The molecule has 0 aliphatic carbocycles. The van der Waals surface area contributed by atoms with Crippen LogP contribution >= 0.6 is 0 Å². The number of rotatable bonds is 4. The Morgan fingerprint density at radius 3 is 2.76 bits per heavy atom. The van der Waals surface area contributed by atoms with Crippen LogP contribution in [0.5, 0.6) is 0 Å². The number of hydrogen-bond acceptors (Lipinski definition) is 2. The van der Waals surface area contributed by atoms with E-state index in [1.807, 2.05) is 0 Å². The summed E-state index contributed by atoms with van der Waals surface area (Å²) in [6.07, 6.45) is -2.12. The maximum absolute atomic E-state index is 12.8. The van der Waals surface area contributed by atoms with E-state index in [-0.39, 0.29) is 0 Å². The van der Waals surface area contributed by atoms with Crippen LogP contribution in [-0.2, 0) is 12.7 Å². The molecule has 0 aromatic heterocycles. The second kappa shape index (κ2) is 6.79. The van der Waals surface area contributed by atoms with E-state index >= 15 is 0 Å². The minimum absolute atomic E-state index is 0.379. The average Bonchev–Trinajstić information content (AvgIpc) is 2.41. The first-order valence-electron chi connectivity index (χ1n) is 7.53. The Balaban J connectivity index is 2.11. The highest BCUT2D eigenvalue weighted by atomic mass is 19.4. The Bertz CT molecular complexity index is 459. The third-order valence-electron chi connectivity index (χ3n) is 3.99. The third-order valence-corrected chi connectivity index (χ3v) is 3.99. The van der Waals surface area contributed by atoms with E-state index < -0.39 is 11.7 Å². The first-order valence-corrected chi connectivity index (χ1v) is 7.53. The molecular formula is C16H23F3N2. The lowest BCUT2D eigenvalue weighted by molar-refractivity contribution is -0.137. The summed E-state index contributed by atoms with van der Waals surface area (Å²) >= 11 is 0. The molecule has 0 bridgehead atoms. The summed E-state index contributed by atoms with van der Waals surface area (Å²) in [4.78, 5) is 2.31. The Kier molecular flexibility index (Phi) is 5.27. The van der Waals surface area contributed by atoms with Gasteiger partial charge in [0.25, 0.3) is 0 Å². The summed E-state index contributed by atoms with van der Waals surface area (Å²) in [6, 6.07) is 6.47. The van der Waals surface area contributed by atoms with Crippen LogP contribution in [0.4, 0.5) is 13.2 Å². The molecule has 0 spiro atoms. The van der Waals surface area contributed by atoms with Crippen molar-refractivity contribution in [2.75, 3.05) is 13.1 Å². The first-order chi connectivity index (χ1) is 9.90. The number of piperazine rings is 1. The van der Waals surface area contributed by atoms with Crippen molar-refractivity contribution in [3.63, 3.8) is 0 Å². The van der Waals surface area contributed by atoms with Gasteiger partial charge in [-0.25, -0.2) is 0 Å². The van der Waals surface area contributed by atoms with Gasteiger partial charge in [-0.2, -0.15) is 13.2 Å². The second-order valence-electron chi connectivity index (χ2n) is 5.88. The molecule has 1 aliphatic heterocycles. The van der Waals surface area contributed by atoms with Gasteiger partial charge < -0.3 is 5.32 Å². The van der Waals surface area contributed by atoms with Crippen LogP contribution in [0.1, 0.15) is 37.8 Å². The van der Waals surface area contributed by atoms with Crippen molar-refractivity contribution in [2.24, 2.45) is 0 Å². The topological polar surface area (TPSA) is 15.3 Å². The predicted octanol–water partition coefficient (Wildman–Crippen LogP) is 3.67. The van der Waals surface area contributed by atoms with Crippen molar-refractivity contribution >= 4 is 0 Å². The molecule has 0 radical (unpaired) electrons. The van der Waals surface area contributed by atoms with E-state index in [4.69, 9.17) is 0 Å². The maximum atomic E-state index is 12.8. The SMILES string of the molecule is CCCC1CNC(C)CN1Cc1cccc(C(F)(F)F)c1. The van der Waals surface area contributed by atoms with E-state index in [0.29, 0.717) is 18.6 Å². The van der Waals surface area contributed by atoms with E-state index in [2.05, 4.69) is 24.1 Å². The summed E-state index contributed by atoms with van der Waals surface area (Å²) in [7, 11) is 0. The van der Waals surface area contributed by atoms with E-state index in [1.165, 1.54) is 12.1 Å². The number of benzene rings is 1. The van der Waals surface area contributed by atoms with Crippen molar-refractivity contribution in [1.29, 1.82) is 0 Å². The fourth-order valence-electron chi connectivity index (χ4n) is 2.92. The lowest BCUT2D eigenvalue weighted by atomic mass is 10.0. The molecule has 2 atom stereocenters. The lowest BCUT2D eigenvalue weighted by Gasteiger charge is -2.39. The average molecular weight is 300 g/mol. The Morgan fingerprint density at radius 2 is 2.10 bits per heavy atom. The Morgan fingerprint density at radius 1 is 1.33 bits per heavy atom. The summed E-state index contributed by atoms with van der Waals surface area (Å²) in [5, 5.41) is 3.45. The zero-order chi connectivity index (χ0) is 15.5. The normalized spacial score (nSPS) is 24.2. The van der Waals surface area contributed by atoms with Crippen molar-refractivity contribution in [2.45, 2.75) is 51.5 Å². The zero-order valence-corrected chi connectivity index (χ0v) is 12.6. The highest BCUT2D eigenvalue weighted by Crippen LogP contribution is 2.30. The molecule has 118 valence electrons. The molecule has 1 aromatic rings. The Hall–Kier alpha value is -1.07. The third kappa shape index (κ3) is 4.45. The standard InChI is InChI=1S/C16H23F3N2/c1-3-5-15-9-20-12(2)10-21(15)11-13-6-4-7-14(8-13)16(17,18)19/h4,6-8,12,15,20H,3,5,9-11H2,1-2H3. The van der Waals surface area contributed by atoms with Gasteiger partial charge in [0, 0.05) is 31.7 Å². The van der Waals surface area contributed by atoms with Gasteiger partial charge in [-0.15, -0.1) is 0 Å². The molecule has 0 saturated carbocycles. The summed E-state index contributed by atoms with van der Waals surface area (Å²) in [5.41, 5.74) is 0.176. The monoisotopic (exact) mass is 300 g/mol. The van der Waals surface area contributed by atoms with Crippen molar-refractivity contribution < 1.29 is 13.2 Å². The molecule has 1 fully saturated rings. The van der Waals surface area contributed by atoms with Crippen LogP contribution in [0.2, 0.25) is 0 Å². The van der Waals surface area contributed by atoms with Crippen LogP contribution < -0.4 is 5.32 Å². The molecule has 0 amide bonds. The van der Waals surface area contributed by atoms with Gasteiger partial charge in [-0.3, -0.25) is 4.90 Å². The molecule has 1 heterocycles. The summed E-state index contributed by atoms with van der Waals surface area (Å²) in [5.74, 6) is 0. The molecular weight excluding hydrogens is 277 g/mol. The van der Waals surface area contributed by atoms with Crippen molar-refractivity contribution in [1.82, 2.24) is 10.2 Å². The predicted molar refractivity (Wildman–Crippen MR) is 78.0 cm³/mol. The van der Waals surface area contributed by atoms with Gasteiger partial charge in [0.05, 0.1) is 5.56 Å². The molecule has 1 aromatic carbocycles. The largest absolute Gasteiger partial charge is 0.416 e. The Labute approximate surface area is 124 Å². The molecule has 21 heavy (non-hydrogen) atoms. The first kappa shape index (κ1) is 16.3. The van der Waals surface area contributed by atoms with Crippen LogP contribution in [0.3, 0.4) is 0 Å². The van der Waals surface area contributed by atoms with Gasteiger partial charge in [-0.1, -0.05) is 31.5 Å². The summed E-state index contributed by atoms with van der Waals surface area (Å²) in [6.45, 7) is 6.62. The summed E-state index contributed by atoms with van der Waals surface area (Å²) < 4.78 is 38.3. The fourth-order valence-corrected chi connectivity index (χ4v) is 2.92. The van der Waals surface area contributed by atoms with E-state index in [1.54, 1.807) is 6.07 Å². The fraction of sp³-hybridized carbons (Fsp3) is 0.625. The van der Waals surface area contributed by atoms with E-state index in [9.17, 15) is 13.2 Å². The second-order valence-corrected chi connectivity index (χ2v) is 5.88. The zero-order valence-electron chi connectivity index (χ0n) is 12.6. The van der Waals surface area contributed by atoms with Gasteiger partial charge in [0.15, 0.2) is 0 Å². The minimum atomic E-state index is -4.27. The lowest BCUT2D eigenvalue weighted by Crippen LogP contribution is -2.54. The highest BCUT2D eigenvalue weighted by Gasteiger charge is 2.31. The number of nitrogens with one attached hydrogen (secondary N) is 1. The van der Waals surface area contributed by atoms with Crippen LogP contribution in [0.25, 0.3) is 0 Å². The van der Waals surface area contributed by atoms with Gasteiger partial charge in [-0.05, 0) is 25.0 Å². The van der Waals surface area contributed by atoms with Gasteiger partial charge in [0.2, 0.25) is 0 Å². The number of nitrogens with zero attached hydrogens (tertiary/aromatic N) is 1. The van der Waals surface area contributed by atoms with Gasteiger partial charge >= 0.3 is 6.18 Å². The van der Waals surface area contributed by atoms with E-state index in [0.717, 1.165) is 37.6 Å². The number of halogens is 3. The van der Waals surface area contributed by atoms with Crippen LogP contribution in [0, 0.1) is 0 Å². The van der Waals surface area contributed by atoms with Gasteiger partial charge in [0.1, 0.15) is 0 Å². The highest BCUT2D eigenvalue weighted by molar-refractivity contribution is 5.25. The number of hydrogen-bond donors (Lipinski definition) is 1. The van der Waals surface area contributed by atoms with Crippen molar-refractivity contribution in [3.05, 3.63) is 35.4 Å². The van der Waals surface area contributed by atoms with Crippen LogP contribution in [-0.4, -0.2) is 30.1 Å². The molecule has 1 N–H and O–H groups in total. The quantitative estimate of drug-likeness (QED) is 0.913.